The molecule has 0 saturated carbocycles. The zero-order valence-electron chi connectivity index (χ0n) is 10.6. The van der Waals surface area contributed by atoms with Crippen LogP contribution in [0.25, 0.3) is 0 Å². The van der Waals surface area contributed by atoms with E-state index in [9.17, 15) is 4.39 Å². The Hall–Kier alpha value is -0.520. The van der Waals surface area contributed by atoms with Crippen LogP contribution >= 0.6 is 28.1 Å². The molecular formula is C13H18BrFN2S. The third-order valence-corrected chi connectivity index (χ3v) is 3.45. The molecule has 0 radical (unpaired) electrons. The number of halogens is 2. The molecule has 0 bridgehead atoms. The highest BCUT2D eigenvalue weighted by Crippen LogP contribution is 2.18. The minimum Gasteiger partial charge on any atom is -0.393 e. The minimum atomic E-state index is -0.181. The van der Waals surface area contributed by atoms with E-state index in [1.54, 1.807) is 6.07 Å². The van der Waals surface area contributed by atoms with Gasteiger partial charge in [0.05, 0.1) is 4.99 Å². The Kier molecular flexibility index (Phi) is 6.18. The number of rotatable bonds is 6. The van der Waals surface area contributed by atoms with E-state index in [1.165, 1.54) is 6.07 Å². The fourth-order valence-corrected chi connectivity index (χ4v) is 2.16. The Bertz CT molecular complexity index is 423. The first kappa shape index (κ1) is 15.5. The van der Waals surface area contributed by atoms with Crippen LogP contribution in [0, 0.1) is 5.82 Å². The standard InChI is InChI=1S/C13H18BrFN2S/c1-9(2)17(6-5-13(16)18)8-10-7-11(14)3-4-12(10)15/h3-4,7,9H,5-6,8H2,1-2H3,(H2,16,18). The monoisotopic (exact) mass is 332 g/mol. The third kappa shape index (κ3) is 5.00. The second-order valence-corrected chi connectivity index (χ2v) is 5.96. The van der Waals surface area contributed by atoms with Crippen molar-refractivity contribution in [2.75, 3.05) is 6.54 Å². The van der Waals surface area contributed by atoms with E-state index in [-0.39, 0.29) is 5.82 Å². The first-order chi connectivity index (χ1) is 8.40. The van der Waals surface area contributed by atoms with Crippen molar-refractivity contribution in [1.82, 2.24) is 4.90 Å². The molecule has 0 unspecified atom stereocenters. The van der Waals surface area contributed by atoms with Crippen LogP contribution in [0.2, 0.25) is 0 Å². The molecule has 5 heteroatoms. The molecule has 0 fully saturated rings. The van der Waals surface area contributed by atoms with Crippen LogP contribution < -0.4 is 5.73 Å². The van der Waals surface area contributed by atoms with Gasteiger partial charge in [0.15, 0.2) is 0 Å². The first-order valence-electron chi connectivity index (χ1n) is 5.86. The van der Waals surface area contributed by atoms with Gasteiger partial charge < -0.3 is 5.73 Å². The Morgan fingerprint density at radius 1 is 1.50 bits per heavy atom. The summed E-state index contributed by atoms with van der Waals surface area (Å²) in [5.41, 5.74) is 6.19. The summed E-state index contributed by atoms with van der Waals surface area (Å²) in [6.45, 7) is 5.47. The quantitative estimate of drug-likeness (QED) is 0.809. The van der Waals surface area contributed by atoms with Crippen molar-refractivity contribution in [3.8, 4) is 0 Å². The predicted octanol–water partition coefficient (Wildman–Crippen LogP) is 3.47. The number of benzene rings is 1. The van der Waals surface area contributed by atoms with Crippen molar-refractivity contribution >= 4 is 33.1 Å². The highest BCUT2D eigenvalue weighted by molar-refractivity contribution is 9.10. The largest absolute Gasteiger partial charge is 0.393 e. The lowest BCUT2D eigenvalue weighted by Gasteiger charge is -2.26. The fraction of sp³-hybridized carbons (Fsp3) is 0.462. The van der Waals surface area contributed by atoms with Crippen LogP contribution in [0.5, 0.6) is 0 Å². The van der Waals surface area contributed by atoms with Gasteiger partial charge in [-0.15, -0.1) is 0 Å². The lowest BCUT2D eigenvalue weighted by atomic mass is 10.1. The summed E-state index contributed by atoms with van der Waals surface area (Å²) in [5, 5.41) is 0. The average Bonchev–Trinajstić information content (AvgIpc) is 2.28. The van der Waals surface area contributed by atoms with E-state index in [2.05, 4.69) is 34.7 Å². The smallest absolute Gasteiger partial charge is 0.127 e. The Morgan fingerprint density at radius 3 is 2.72 bits per heavy atom. The summed E-state index contributed by atoms with van der Waals surface area (Å²) >= 11 is 8.24. The van der Waals surface area contributed by atoms with Gasteiger partial charge >= 0.3 is 0 Å². The molecule has 2 N–H and O–H groups in total. The number of hydrogen-bond donors (Lipinski definition) is 1. The molecule has 0 saturated heterocycles. The van der Waals surface area contributed by atoms with Crippen LogP contribution in [0.15, 0.2) is 22.7 Å². The van der Waals surface area contributed by atoms with E-state index < -0.39 is 0 Å². The van der Waals surface area contributed by atoms with Gasteiger partial charge in [-0.1, -0.05) is 28.1 Å². The molecule has 0 aromatic heterocycles. The predicted molar refractivity (Wildman–Crippen MR) is 81.0 cm³/mol. The molecule has 1 aromatic rings. The average molecular weight is 333 g/mol. The SMILES string of the molecule is CC(C)N(CCC(N)=S)Cc1cc(Br)ccc1F. The van der Waals surface area contributed by atoms with Crippen LogP contribution in [-0.4, -0.2) is 22.5 Å². The molecular weight excluding hydrogens is 315 g/mol. The molecule has 0 aliphatic heterocycles. The van der Waals surface area contributed by atoms with Gasteiger partial charge in [-0.3, -0.25) is 4.90 Å². The van der Waals surface area contributed by atoms with E-state index in [0.29, 0.717) is 29.6 Å². The van der Waals surface area contributed by atoms with E-state index >= 15 is 0 Å². The van der Waals surface area contributed by atoms with Crippen molar-refractivity contribution in [2.24, 2.45) is 5.73 Å². The van der Waals surface area contributed by atoms with Gasteiger partial charge in [-0.05, 0) is 32.0 Å². The Balaban J connectivity index is 2.76. The summed E-state index contributed by atoms with van der Waals surface area (Å²) in [6, 6.07) is 5.31. The van der Waals surface area contributed by atoms with Gasteiger partial charge in [0.2, 0.25) is 0 Å². The maximum Gasteiger partial charge on any atom is 0.127 e. The summed E-state index contributed by atoms with van der Waals surface area (Å²) in [7, 11) is 0. The first-order valence-corrected chi connectivity index (χ1v) is 7.06. The molecule has 100 valence electrons. The molecule has 0 aliphatic rings. The molecule has 1 rings (SSSR count). The van der Waals surface area contributed by atoms with Crippen molar-refractivity contribution in [3.63, 3.8) is 0 Å². The Labute approximate surface area is 121 Å². The van der Waals surface area contributed by atoms with E-state index in [4.69, 9.17) is 18.0 Å². The minimum absolute atomic E-state index is 0.181. The summed E-state index contributed by atoms with van der Waals surface area (Å²) < 4.78 is 14.6. The lowest BCUT2D eigenvalue weighted by Crippen LogP contribution is -2.33. The second-order valence-electron chi connectivity index (χ2n) is 4.52. The number of nitrogens with two attached hydrogens (primary N) is 1. The van der Waals surface area contributed by atoms with Crippen LogP contribution in [0.3, 0.4) is 0 Å². The highest BCUT2D eigenvalue weighted by Gasteiger charge is 2.13. The van der Waals surface area contributed by atoms with Gasteiger partial charge in [0.1, 0.15) is 5.82 Å². The lowest BCUT2D eigenvalue weighted by molar-refractivity contribution is 0.216. The molecule has 0 heterocycles. The summed E-state index contributed by atoms with van der Waals surface area (Å²) in [6.07, 6.45) is 0.656. The van der Waals surface area contributed by atoms with Crippen molar-refractivity contribution < 1.29 is 4.39 Å². The molecule has 0 amide bonds. The summed E-state index contributed by atoms with van der Waals surface area (Å²) in [4.78, 5) is 2.65. The Morgan fingerprint density at radius 2 is 2.17 bits per heavy atom. The van der Waals surface area contributed by atoms with Gasteiger partial charge in [0.25, 0.3) is 0 Å². The van der Waals surface area contributed by atoms with Crippen LogP contribution in [0.1, 0.15) is 25.8 Å². The molecule has 0 atom stereocenters. The zero-order chi connectivity index (χ0) is 13.7. The molecule has 0 spiro atoms. The van der Waals surface area contributed by atoms with Crippen molar-refractivity contribution in [3.05, 3.63) is 34.1 Å². The normalized spacial score (nSPS) is 11.2. The van der Waals surface area contributed by atoms with Crippen LogP contribution in [0.4, 0.5) is 4.39 Å². The van der Waals surface area contributed by atoms with Crippen LogP contribution in [-0.2, 0) is 6.54 Å². The molecule has 1 aromatic carbocycles. The topological polar surface area (TPSA) is 29.3 Å². The second kappa shape index (κ2) is 7.16. The number of hydrogen-bond acceptors (Lipinski definition) is 2. The number of nitrogens with zero attached hydrogens (tertiary/aromatic N) is 1. The van der Waals surface area contributed by atoms with Gasteiger partial charge in [-0.25, -0.2) is 4.39 Å². The number of thiocarbonyl (C=S) groups is 1. The molecule has 18 heavy (non-hydrogen) atoms. The maximum absolute atomic E-state index is 13.7. The highest BCUT2D eigenvalue weighted by atomic mass is 79.9. The summed E-state index contributed by atoms with van der Waals surface area (Å²) in [5.74, 6) is -0.181. The molecule has 0 aliphatic carbocycles. The fourth-order valence-electron chi connectivity index (χ4n) is 1.66. The van der Waals surface area contributed by atoms with E-state index in [0.717, 1.165) is 11.0 Å². The van der Waals surface area contributed by atoms with Crippen molar-refractivity contribution in [2.45, 2.75) is 32.9 Å². The van der Waals surface area contributed by atoms with Gasteiger partial charge in [0, 0.05) is 35.6 Å². The maximum atomic E-state index is 13.7. The van der Waals surface area contributed by atoms with Gasteiger partial charge in [-0.2, -0.15) is 0 Å². The molecule has 2 nitrogen and oxygen atoms in total. The zero-order valence-corrected chi connectivity index (χ0v) is 13.0. The third-order valence-electron chi connectivity index (χ3n) is 2.76. The van der Waals surface area contributed by atoms with Crippen molar-refractivity contribution in [1.29, 1.82) is 0 Å². The van der Waals surface area contributed by atoms with E-state index in [1.807, 2.05) is 6.07 Å².